The molecule has 1 heterocycles. The van der Waals surface area contributed by atoms with Crippen LogP contribution in [0.15, 0.2) is 42.5 Å². The fourth-order valence-electron chi connectivity index (χ4n) is 4.33. The Hall–Kier alpha value is -1.42. The standard InChI is InChI=1S/C24H29Cl3FN3O3S/c1-30(15-16-3-6-18(25)7-4-16)23(32)24(28,17-5-8-20(26)21(27)13-17)10-12-31-11-9-19(14-22(31)29)35(2,33)34/h3-8,13,19,22H,9-12,14-15,29H2,1-2H3. The van der Waals surface area contributed by atoms with Gasteiger partial charge >= 0.3 is 0 Å². The molecule has 3 rings (SSSR count). The van der Waals surface area contributed by atoms with Gasteiger partial charge in [-0.05, 0) is 42.7 Å². The summed E-state index contributed by atoms with van der Waals surface area (Å²) in [5.74, 6) is -0.731. The summed E-state index contributed by atoms with van der Waals surface area (Å²) >= 11 is 18.1. The second kappa shape index (κ2) is 11.3. The van der Waals surface area contributed by atoms with E-state index in [1.165, 1.54) is 36.4 Å². The lowest BCUT2D eigenvalue weighted by atomic mass is 9.89. The van der Waals surface area contributed by atoms with Crippen molar-refractivity contribution in [1.82, 2.24) is 9.80 Å². The second-order valence-corrected chi connectivity index (χ2v) is 12.6. The zero-order chi connectivity index (χ0) is 26.0. The fourth-order valence-corrected chi connectivity index (χ4v) is 5.84. The van der Waals surface area contributed by atoms with E-state index in [1.807, 2.05) is 4.90 Å². The first-order chi connectivity index (χ1) is 16.3. The van der Waals surface area contributed by atoms with E-state index in [2.05, 4.69) is 0 Å². The Morgan fingerprint density at radius 1 is 1.17 bits per heavy atom. The Kier molecular flexibility index (Phi) is 9.10. The third-order valence-corrected chi connectivity index (χ3v) is 9.09. The number of benzene rings is 2. The summed E-state index contributed by atoms with van der Waals surface area (Å²) in [6, 6.07) is 11.2. The van der Waals surface area contributed by atoms with Gasteiger partial charge in [-0.3, -0.25) is 9.69 Å². The molecule has 1 amide bonds. The van der Waals surface area contributed by atoms with E-state index in [0.717, 1.165) is 5.56 Å². The number of carbonyl (C=O) groups excluding carboxylic acids is 1. The van der Waals surface area contributed by atoms with E-state index < -0.39 is 32.8 Å². The summed E-state index contributed by atoms with van der Waals surface area (Å²) in [4.78, 5) is 16.6. The van der Waals surface area contributed by atoms with Crippen molar-refractivity contribution in [1.29, 1.82) is 0 Å². The number of halogens is 4. The number of carbonyl (C=O) groups is 1. The maximum absolute atomic E-state index is 16.7. The van der Waals surface area contributed by atoms with Crippen molar-refractivity contribution in [3.63, 3.8) is 0 Å². The molecule has 2 aromatic carbocycles. The highest BCUT2D eigenvalue weighted by Crippen LogP contribution is 2.37. The van der Waals surface area contributed by atoms with Crippen molar-refractivity contribution < 1.29 is 17.6 Å². The van der Waals surface area contributed by atoms with Gasteiger partial charge in [-0.25, -0.2) is 12.8 Å². The van der Waals surface area contributed by atoms with Crippen molar-refractivity contribution in [2.75, 3.05) is 26.4 Å². The van der Waals surface area contributed by atoms with Crippen molar-refractivity contribution in [3.8, 4) is 0 Å². The Morgan fingerprint density at radius 3 is 2.40 bits per heavy atom. The molecule has 0 bridgehead atoms. The largest absolute Gasteiger partial charge is 0.338 e. The van der Waals surface area contributed by atoms with Crippen LogP contribution in [-0.2, 0) is 26.8 Å². The number of nitrogens with two attached hydrogens (primary N) is 1. The number of alkyl halides is 1. The predicted octanol–water partition coefficient (Wildman–Crippen LogP) is 4.65. The van der Waals surface area contributed by atoms with Gasteiger partial charge in [0.25, 0.3) is 5.91 Å². The molecule has 11 heteroatoms. The molecular formula is C24H29Cl3FN3O3S. The van der Waals surface area contributed by atoms with Crippen LogP contribution >= 0.6 is 34.8 Å². The molecule has 0 radical (unpaired) electrons. The second-order valence-electron chi connectivity index (χ2n) is 9.05. The lowest BCUT2D eigenvalue weighted by Gasteiger charge is -2.38. The summed E-state index contributed by atoms with van der Waals surface area (Å²) in [7, 11) is -1.68. The molecule has 1 fully saturated rings. The van der Waals surface area contributed by atoms with Crippen molar-refractivity contribution in [2.45, 2.75) is 42.9 Å². The van der Waals surface area contributed by atoms with Crippen molar-refractivity contribution in [3.05, 3.63) is 68.7 Å². The molecule has 0 aliphatic carbocycles. The molecular weight excluding hydrogens is 536 g/mol. The monoisotopic (exact) mass is 563 g/mol. The quantitative estimate of drug-likeness (QED) is 0.504. The van der Waals surface area contributed by atoms with Gasteiger partial charge in [0.1, 0.15) is 9.84 Å². The fraction of sp³-hybridized carbons (Fsp3) is 0.458. The summed E-state index contributed by atoms with van der Waals surface area (Å²) in [6.45, 7) is 0.738. The van der Waals surface area contributed by atoms with E-state index in [4.69, 9.17) is 40.5 Å². The first-order valence-electron chi connectivity index (χ1n) is 11.1. The van der Waals surface area contributed by atoms with E-state index in [1.54, 1.807) is 24.3 Å². The number of piperidine rings is 1. The average Bonchev–Trinajstić information content (AvgIpc) is 2.80. The summed E-state index contributed by atoms with van der Waals surface area (Å²) < 4.78 is 40.6. The molecule has 6 nitrogen and oxygen atoms in total. The summed E-state index contributed by atoms with van der Waals surface area (Å²) in [5, 5.41) is 0.440. The highest BCUT2D eigenvalue weighted by atomic mass is 35.5. The minimum atomic E-state index is -3.21. The van der Waals surface area contributed by atoms with Gasteiger partial charge < -0.3 is 10.6 Å². The van der Waals surface area contributed by atoms with Gasteiger partial charge in [-0.1, -0.05) is 53.0 Å². The number of nitrogens with zero attached hydrogens (tertiary/aromatic N) is 2. The van der Waals surface area contributed by atoms with E-state index >= 15 is 4.39 Å². The maximum Gasteiger partial charge on any atom is 0.265 e. The van der Waals surface area contributed by atoms with Crippen molar-refractivity contribution in [2.24, 2.45) is 5.73 Å². The zero-order valence-electron chi connectivity index (χ0n) is 19.6. The molecule has 0 spiro atoms. The topological polar surface area (TPSA) is 83.7 Å². The molecule has 192 valence electrons. The molecule has 1 saturated heterocycles. The first-order valence-corrected chi connectivity index (χ1v) is 14.2. The lowest BCUT2D eigenvalue weighted by Crippen LogP contribution is -2.52. The molecule has 35 heavy (non-hydrogen) atoms. The number of likely N-dealkylation sites (N-methyl/N-ethyl adjacent to an activating group) is 1. The smallest absolute Gasteiger partial charge is 0.265 e. The first kappa shape index (κ1) is 28.2. The lowest BCUT2D eigenvalue weighted by molar-refractivity contribution is -0.145. The highest BCUT2D eigenvalue weighted by Gasteiger charge is 2.44. The molecule has 2 N–H and O–H groups in total. The van der Waals surface area contributed by atoms with Gasteiger partial charge in [-0.2, -0.15) is 0 Å². The van der Waals surface area contributed by atoms with Gasteiger partial charge in [0, 0.05) is 49.9 Å². The van der Waals surface area contributed by atoms with E-state index in [0.29, 0.717) is 18.0 Å². The number of likely N-dealkylation sites (tertiary alicyclic amines) is 1. The molecule has 3 unspecified atom stereocenters. The van der Waals surface area contributed by atoms with Gasteiger partial charge in [0.2, 0.25) is 5.67 Å². The number of hydrogen-bond donors (Lipinski definition) is 1. The van der Waals surface area contributed by atoms with Crippen LogP contribution in [0.25, 0.3) is 0 Å². The van der Waals surface area contributed by atoms with E-state index in [9.17, 15) is 13.2 Å². The average molecular weight is 565 g/mol. The molecule has 0 saturated carbocycles. The molecule has 1 aliphatic heterocycles. The van der Waals surface area contributed by atoms with Gasteiger partial charge in [0.15, 0.2) is 0 Å². The Balaban J connectivity index is 1.82. The highest BCUT2D eigenvalue weighted by molar-refractivity contribution is 7.91. The van der Waals surface area contributed by atoms with E-state index in [-0.39, 0.29) is 41.5 Å². The zero-order valence-corrected chi connectivity index (χ0v) is 22.6. The minimum Gasteiger partial charge on any atom is -0.338 e. The third kappa shape index (κ3) is 6.87. The van der Waals surface area contributed by atoms with Crippen LogP contribution in [0.3, 0.4) is 0 Å². The minimum absolute atomic E-state index is 0.0967. The molecule has 0 aromatic heterocycles. The van der Waals surface area contributed by atoms with Gasteiger partial charge in [-0.15, -0.1) is 0 Å². The van der Waals surface area contributed by atoms with Crippen LogP contribution in [0, 0.1) is 0 Å². The Bertz CT molecular complexity index is 1170. The van der Waals surface area contributed by atoms with Crippen LogP contribution < -0.4 is 5.73 Å². The summed E-state index contributed by atoms with van der Waals surface area (Å²) in [6.07, 6.45) is 1.12. The van der Waals surface area contributed by atoms with Crippen LogP contribution in [0.4, 0.5) is 4.39 Å². The van der Waals surface area contributed by atoms with Crippen LogP contribution in [0.5, 0.6) is 0 Å². The summed E-state index contributed by atoms with van der Waals surface area (Å²) in [5.41, 5.74) is 4.72. The third-order valence-electron chi connectivity index (χ3n) is 6.46. The Labute approximate surface area is 221 Å². The normalized spacial score (nSPS) is 20.9. The van der Waals surface area contributed by atoms with Crippen LogP contribution in [-0.4, -0.2) is 61.9 Å². The molecule has 3 atom stereocenters. The number of hydrogen-bond acceptors (Lipinski definition) is 5. The SMILES string of the molecule is CN(Cc1ccc(Cl)cc1)C(=O)C(F)(CCN1CCC(S(C)(=O)=O)CC1N)c1ccc(Cl)c(Cl)c1. The number of amides is 1. The van der Waals surface area contributed by atoms with Crippen LogP contribution in [0.1, 0.15) is 30.4 Å². The number of rotatable bonds is 8. The molecule has 2 aromatic rings. The predicted molar refractivity (Wildman–Crippen MR) is 139 cm³/mol. The maximum atomic E-state index is 16.7. The van der Waals surface area contributed by atoms with Gasteiger partial charge in [0.05, 0.1) is 21.5 Å². The van der Waals surface area contributed by atoms with Crippen LogP contribution in [0.2, 0.25) is 15.1 Å². The molecule has 1 aliphatic rings. The van der Waals surface area contributed by atoms with Crippen molar-refractivity contribution >= 4 is 50.5 Å². The Morgan fingerprint density at radius 2 is 1.83 bits per heavy atom. The number of sulfone groups is 1.